The van der Waals surface area contributed by atoms with Crippen LogP contribution < -0.4 is 4.90 Å². The molecule has 0 aliphatic carbocycles. The molecular formula is C15H16FN3O2. The second kappa shape index (κ2) is 5.78. The molecule has 0 atom stereocenters. The average molecular weight is 289 g/mol. The molecule has 1 aromatic heterocycles. The third-order valence-corrected chi connectivity index (χ3v) is 3.14. The van der Waals surface area contributed by atoms with E-state index in [2.05, 4.69) is 5.10 Å². The third-order valence-electron chi connectivity index (χ3n) is 3.14. The number of rotatable bonds is 4. The van der Waals surface area contributed by atoms with Gasteiger partial charge in [-0.1, -0.05) is 6.07 Å². The summed E-state index contributed by atoms with van der Waals surface area (Å²) in [6, 6.07) is 6.18. The normalized spacial score (nSPS) is 11.0. The number of halogens is 1. The lowest BCUT2D eigenvalue weighted by Crippen LogP contribution is -2.14. The van der Waals surface area contributed by atoms with Gasteiger partial charge in [-0.2, -0.15) is 5.10 Å². The topological polar surface area (TPSA) is 58.4 Å². The molecule has 0 spiro atoms. The standard InChI is InChI=1S/C15H16FN3O2/c1-10-13(7-8-14(20)21)15(19(3)17-10)18(2)12-6-4-5-11(16)9-12/h4-9H,1-3H3,(H,20,21). The highest BCUT2D eigenvalue weighted by Gasteiger charge is 2.16. The summed E-state index contributed by atoms with van der Waals surface area (Å²) >= 11 is 0. The number of benzene rings is 1. The predicted octanol–water partition coefficient (Wildman–Crippen LogP) is 2.73. The molecule has 0 saturated heterocycles. The highest BCUT2D eigenvalue weighted by molar-refractivity contribution is 5.87. The SMILES string of the molecule is Cc1nn(C)c(N(C)c2cccc(F)c2)c1C=CC(=O)O. The van der Waals surface area contributed by atoms with Gasteiger partial charge in [0.1, 0.15) is 11.6 Å². The maximum Gasteiger partial charge on any atom is 0.328 e. The van der Waals surface area contributed by atoms with Gasteiger partial charge in [0.25, 0.3) is 0 Å². The molecule has 0 amide bonds. The number of carboxylic acid groups (broad SMARTS) is 1. The van der Waals surface area contributed by atoms with Gasteiger partial charge < -0.3 is 10.0 Å². The zero-order valence-electron chi connectivity index (χ0n) is 12.0. The lowest BCUT2D eigenvalue weighted by molar-refractivity contribution is -0.131. The molecule has 0 aliphatic heterocycles. The first kappa shape index (κ1) is 14.8. The molecule has 0 saturated carbocycles. The van der Waals surface area contributed by atoms with Gasteiger partial charge >= 0.3 is 5.97 Å². The summed E-state index contributed by atoms with van der Waals surface area (Å²) in [5, 5.41) is 13.1. The molecule has 21 heavy (non-hydrogen) atoms. The highest BCUT2D eigenvalue weighted by Crippen LogP contribution is 2.29. The van der Waals surface area contributed by atoms with Crippen molar-refractivity contribution < 1.29 is 14.3 Å². The Morgan fingerprint density at radius 1 is 1.48 bits per heavy atom. The first-order chi connectivity index (χ1) is 9.90. The van der Waals surface area contributed by atoms with Crippen LogP contribution in [0.4, 0.5) is 15.9 Å². The summed E-state index contributed by atoms with van der Waals surface area (Å²) in [7, 11) is 3.54. The smallest absolute Gasteiger partial charge is 0.328 e. The van der Waals surface area contributed by atoms with E-state index in [1.54, 1.807) is 42.7 Å². The van der Waals surface area contributed by atoms with Gasteiger partial charge in [-0.3, -0.25) is 4.68 Å². The van der Waals surface area contributed by atoms with Gasteiger partial charge in [-0.25, -0.2) is 9.18 Å². The van der Waals surface area contributed by atoms with Crippen molar-refractivity contribution in [3.8, 4) is 0 Å². The van der Waals surface area contributed by atoms with Crippen LogP contribution in [0.1, 0.15) is 11.3 Å². The van der Waals surface area contributed by atoms with Gasteiger partial charge in [0.05, 0.1) is 5.69 Å². The van der Waals surface area contributed by atoms with Crippen molar-refractivity contribution in [3.63, 3.8) is 0 Å². The van der Waals surface area contributed by atoms with Crippen LogP contribution in [0.2, 0.25) is 0 Å². The lowest BCUT2D eigenvalue weighted by Gasteiger charge is -2.20. The third kappa shape index (κ3) is 3.10. The van der Waals surface area contributed by atoms with Crippen LogP contribution in [0, 0.1) is 12.7 Å². The second-order valence-corrected chi connectivity index (χ2v) is 4.66. The molecule has 2 rings (SSSR count). The first-order valence-electron chi connectivity index (χ1n) is 6.34. The van der Waals surface area contributed by atoms with E-state index >= 15 is 0 Å². The van der Waals surface area contributed by atoms with E-state index < -0.39 is 5.97 Å². The number of aromatic nitrogens is 2. The summed E-state index contributed by atoms with van der Waals surface area (Å²) in [5.74, 6) is -0.672. The molecule has 5 nitrogen and oxygen atoms in total. The average Bonchev–Trinajstić information content (AvgIpc) is 2.69. The molecule has 1 N–H and O–H groups in total. The summed E-state index contributed by atoms with van der Waals surface area (Å²) in [4.78, 5) is 12.5. The Labute approximate surface area is 121 Å². The van der Waals surface area contributed by atoms with Gasteiger partial charge in [0.15, 0.2) is 0 Å². The Kier molecular flexibility index (Phi) is 4.07. The minimum absolute atomic E-state index is 0.333. The quantitative estimate of drug-likeness (QED) is 0.879. The van der Waals surface area contributed by atoms with Crippen LogP contribution in [-0.2, 0) is 11.8 Å². The van der Waals surface area contributed by atoms with Gasteiger partial charge in [-0.05, 0) is 31.2 Å². The van der Waals surface area contributed by atoms with Crippen molar-refractivity contribution in [2.75, 3.05) is 11.9 Å². The van der Waals surface area contributed by atoms with Gasteiger partial charge in [0, 0.05) is 31.4 Å². The van der Waals surface area contributed by atoms with Crippen molar-refractivity contribution >= 4 is 23.6 Å². The van der Waals surface area contributed by atoms with Crippen molar-refractivity contribution in [3.05, 3.63) is 47.4 Å². The predicted molar refractivity (Wildman–Crippen MR) is 79.1 cm³/mol. The van der Waals surface area contributed by atoms with E-state index in [-0.39, 0.29) is 5.82 Å². The summed E-state index contributed by atoms with van der Waals surface area (Å²) in [6.07, 6.45) is 2.56. The Morgan fingerprint density at radius 2 is 2.19 bits per heavy atom. The second-order valence-electron chi connectivity index (χ2n) is 4.66. The van der Waals surface area contributed by atoms with Crippen LogP contribution in [0.25, 0.3) is 6.08 Å². The number of aliphatic carboxylic acids is 1. The first-order valence-corrected chi connectivity index (χ1v) is 6.34. The molecule has 0 aliphatic rings. The number of hydrogen-bond acceptors (Lipinski definition) is 3. The Hall–Kier alpha value is -2.63. The van der Waals surface area contributed by atoms with Crippen molar-refractivity contribution in [2.24, 2.45) is 7.05 Å². The molecule has 0 bridgehead atoms. The van der Waals surface area contributed by atoms with E-state index in [4.69, 9.17) is 5.11 Å². The van der Waals surface area contributed by atoms with Crippen molar-refractivity contribution in [1.29, 1.82) is 0 Å². The zero-order valence-corrected chi connectivity index (χ0v) is 12.0. The fourth-order valence-electron chi connectivity index (χ4n) is 2.22. The van der Waals surface area contributed by atoms with Gasteiger partial charge in [0.2, 0.25) is 0 Å². The van der Waals surface area contributed by atoms with Crippen LogP contribution in [0.15, 0.2) is 30.3 Å². The molecule has 0 unspecified atom stereocenters. The largest absolute Gasteiger partial charge is 0.478 e. The minimum Gasteiger partial charge on any atom is -0.478 e. The number of carboxylic acids is 1. The molecule has 110 valence electrons. The fraction of sp³-hybridized carbons (Fsp3) is 0.200. The molecule has 0 fully saturated rings. The molecular weight excluding hydrogens is 273 g/mol. The fourth-order valence-corrected chi connectivity index (χ4v) is 2.22. The highest BCUT2D eigenvalue weighted by atomic mass is 19.1. The van der Waals surface area contributed by atoms with E-state index in [1.165, 1.54) is 18.2 Å². The number of hydrogen-bond donors (Lipinski definition) is 1. The van der Waals surface area contributed by atoms with E-state index in [0.717, 1.165) is 6.08 Å². The molecule has 1 aromatic carbocycles. The summed E-state index contributed by atoms with van der Waals surface area (Å²) in [5.41, 5.74) is 2.04. The van der Waals surface area contributed by atoms with Crippen molar-refractivity contribution in [1.82, 2.24) is 9.78 Å². The zero-order chi connectivity index (χ0) is 15.6. The monoisotopic (exact) mass is 289 g/mol. The van der Waals surface area contributed by atoms with Gasteiger partial charge in [-0.15, -0.1) is 0 Å². The van der Waals surface area contributed by atoms with Crippen LogP contribution >= 0.6 is 0 Å². The Bertz CT molecular complexity index is 707. The maximum absolute atomic E-state index is 13.4. The summed E-state index contributed by atoms with van der Waals surface area (Å²) < 4.78 is 15.0. The lowest BCUT2D eigenvalue weighted by atomic mass is 10.2. The van der Waals surface area contributed by atoms with E-state index in [0.29, 0.717) is 22.8 Å². The Balaban J connectivity index is 2.50. The van der Waals surface area contributed by atoms with Crippen LogP contribution in [-0.4, -0.2) is 27.9 Å². The minimum atomic E-state index is -1.03. The molecule has 2 aromatic rings. The number of anilines is 2. The number of nitrogens with zero attached hydrogens (tertiary/aromatic N) is 3. The Morgan fingerprint density at radius 3 is 2.81 bits per heavy atom. The van der Waals surface area contributed by atoms with E-state index in [9.17, 15) is 9.18 Å². The van der Waals surface area contributed by atoms with Crippen LogP contribution in [0.5, 0.6) is 0 Å². The van der Waals surface area contributed by atoms with E-state index in [1.807, 2.05) is 0 Å². The molecule has 0 radical (unpaired) electrons. The maximum atomic E-state index is 13.4. The molecule has 1 heterocycles. The van der Waals surface area contributed by atoms with Crippen LogP contribution in [0.3, 0.4) is 0 Å². The summed E-state index contributed by atoms with van der Waals surface area (Å²) in [6.45, 7) is 1.80. The van der Waals surface area contributed by atoms with Crippen molar-refractivity contribution in [2.45, 2.75) is 6.92 Å². The number of aryl methyl sites for hydroxylation is 2. The number of carbonyl (C=O) groups is 1. The molecule has 6 heteroatoms.